The van der Waals surface area contributed by atoms with Crippen LogP contribution in [0.5, 0.6) is 5.75 Å². The summed E-state index contributed by atoms with van der Waals surface area (Å²) >= 11 is 0. The number of amides is 1. The molecule has 1 aromatic heterocycles. The summed E-state index contributed by atoms with van der Waals surface area (Å²) in [7, 11) is 0. The Bertz CT molecular complexity index is 893. The zero-order valence-corrected chi connectivity index (χ0v) is 14.6. The highest BCUT2D eigenvalue weighted by atomic mass is 16.5. The van der Waals surface area contributed by atoms with Crippen LogP contribution in [0.15, 0.2) is 60.7 Å². The summed E-state index contributed by atoms with van der Waals surface area (Å²) in [6.45, 7) is 3.69. The molecule has 0 unspecified atom stereocenters. The van der Waals surface area contributed by atoms with Crippen molar-refractivity contribution in [3.8, 4) is 5.75 Å². The molecule has 0 N–H and O–H groups in total. The third-order valence-electron chi connectivity index (χ3n) is 4.57. The van der Waals surface area contributed by atoms with Gasteiger partial charge < -0.3 is 14.2 Å². The van der Waals surface area contributed by atoms with E-state index in [4.69, 9.17) is 4.74 Å². The maximum atomic E-state index is 13.3. The van der Waals surface area contributed by atoms with Gasteiger partial charge >= 0.3 is 0 Å². The molecule has 4 rings (SSSR count). The maximum absolute atomic E-state index is 13.3. The van der Waals surface area contributed by atoms with Crippen LogP contribution in [0.4, 0.5) is 0 Å². The Labute approximate surface area is 152 Å². The predicted molar refractivity (Wildman–Crippen MR) is 96.4 cm³/mol. The van der Waals surface area contributed by atoms with Crippen LogP contribution >= 0.6 is 0 Å². The van der Waals surface area contributed by atoms with Crippen LogP contribution in [0.25, 0.3) is 0 Å². The number of carbonyl (C=O) groups is 1. The summed E-state index contributed by atoms with van der Waals surface area (Å²) in [5.74, 6) is 2.30. The zero-order chi connectivity index (χ0) is 17.9. The number of carbonyl (C=O) groups excluding carboxylic acids is 1. The van der Waals surface area contributed by atoms with Crippen molar-refractivity contribution in [2.24, 2.45) is 0 Å². The van der Waals surface area contributed by atoms with Crippen molar-refractivity contribution in [3.05, 3.63) is 77.9 Å². The number of benzene rings is 2. The number of aryl methyl sites for hydroxylation is 1. The molecular formula is C20H20N4O2. The van der Waals surface area contributed by atoms with Crippen LogP contribution in [-0.4, -0.2) is 32.1 Å². The predicted octanol–water partition coefficient (Wildman–Crippen LogP) is 2.75. The summed E-state index contributed by atoms with van der Waals surface area (Å²) in [5, 5.41) is 8.29. The molecule has 3 aromatic rings. The van der Waals surface area contributed by atoms with Gasteiger partial charge in [-0.25, -0.2) is 0 Å². The fourth-order valence-electron chi connectivity index (χ4n) is 3.18. The first-order valence-corrected chi connectivity index (χ1v) is 8.66. The molecule has 0 fully saturated rings. The van der Waals surface area contributed by atoms with Crippen LogP contribution < -0.4 is 4.74 Å². The smallest absolute Gasteiger partial charge is 0.268 e. The van der Waals surface area contributed by atoms with Crippen LogP contribution in [0, 0.1) is 6.92 Å². The SMILES string of the molecule is Cc1nnc2n1CCN(C(=O)[C@@H](Oc1ccccc1)c1ccccc1)C2. The number of rotatable bonds is 4. The molecule has 26 heavy (non-hydrogen) atoms. The molecule has 1 amide bonds. The van der Waals surface area contributed by atoms with Gasteiger partial charge in [0.1, 0.15) is 11.6 Å². The average molecular weight is 348 g/mol. The van der Waals surface area contributed by atoms with E-state index in [9.17, 15) is 4.79 Å². The second-order valence-electron chi connectivity index (χ2n) is 6.30. The van der Waals surface area contributed by atoms with Crippen molar-refractivity contribution in [2.45, 2.75) is 26.1 Å². The normalized spacial score (nSPS) is 14.6. The molecule has 2 aromatic carbocycles. The van der Waals surface area contributed by atoms with E-state index < -0.39 is 6.10 Å². The Morgan fingerprint density at radius 3 is 2.42 bits per heavy atom. The van der Waals surface area contributed by atoms with E-state index >= 15 is 0 Å². The average Bonchev–Trinajstić information content (AvgIpc) is 3.07. The first-order valence-electron chi connectivity index (χ1n) is 8.66. The second kappa shape index (κ2) is 7.00. The summed E-state index contributed by atoms with van der Waals surface area (Å²) in [5.41, 5.74) is 0.838. The van der Waals surface area contributed by atoms with E-state index in [-0.39, 0.29) is 5.91 Å². The summed E-state index contributed by atoms with van der Waals surface area (Å²) in [4.78, 5) is 15.1. The number of para-hydroxylation sites is 1. The van der Waals surface area contributed by atoms with Crippen molar-refractivity contribution in [3.63, 3.8) is 0 Å². The Kier molecular flexibility index (Phi) is 4.39. The molecule has 0 bridgehead atoms. The van der Waals surface area contributed by atoms with Crippen molar-refractivity contribution in [1.82, 2.24) is 19.7 Å². The van der Waals surface area contributed by atoms with Crippen molar-refractivity contribution >= 4 is 5.91 Å². The van der Waals surface area contributed by atoms with E-state index in [1.165, 1.54) is 0 Å². The summed E-state index contributed by atoms with van der Waals surface area (Å²) < 4.78 is 8.13. The highest BCUT2D eigenvalue weighted by Crippen LogP contribution is 2.25. The van der Waals surface area contributed by atoms with Gasteiger partial charge in [0.25, 0.3) is 5.91 Å². The lowest BCUT2D eigenvalue weighted by Crippen LogP contribution is -2.42. The highest BCUT2D eigenvalue weighted by Gasteiger charge is 2.31. The third kappa shape index (κ3) is 3.18. The standard InChI is InChI=1S/C20H20N4O2/c1-15-21-22-18-14-23(12-13-24(15)18)20(25)19(16-8-4-2-5-9-16)26-17-10-6-3-7-11-17/h2-11,19H,12-14H2,1H3/t19-/m0/s1. The molecule has 1 aliphatic rings. The van der Waals surface area contributed by atoms with Crippen LogP contribution in [0.3, 0.4) is 0 Å². The van der Waals surface area contributed by atoms with Gasteiger partial charge in [0.15, 0.2) is 5.82 Å². The molecule has 1 atom stereocenters. The van der Waals surface area contributed by atoms with Crippen molar-refractivity contribution in [2.75, 3.05) is 6.54 Å². The molecule has 6 nitrogen and oxygen atoms in total. The number of aromatic nitrogens is 3. The minimum Gasteiger partial charge on any atom is -0.476 e. The van der Waals surface area contributed by atoms with E-state index in [1.807, 2.05) is 67.6 Å². The Balaban J connectivity index is 1.60. The van der Waals surface area contributed by atoms with Gasteiger partial charge in [0, 0.05) is 18.7 Å². The largest absolute Gasteiger partial charge is 0.476 e. The van der Waals surface area contributed by atoms with Crippen LogP contribution in [0.2, 0.25) is 0 Å². The lowest BCUT2D eigenvalue weighted by Gasteiger charge is -2.31. The zero-order valence-electron chi connectivity index (χ0n) is 14.6. The molecule has 0 saturated carbocycles. The van der Waals surface area contributed by atoms with E-state index in [0.717, 1.165) is 17.2 Å². The fraction of sp³-hybridized carbons (Fsp3) is 0.250. The first kappa shape index (κ1) is 16.3. The quantitative estimate of drug-likeness (QED) is 0.727. The Morgan fingerprint density at radius 1 is 1.00 bits per heavy atom. The van der Waals surface area contributed by atoms with Gasteiger partial charge in [0.2, 0.25) is 6.10 Å². The lowest BCUT2D eigenvalue weighted by molar-refractivity contribution is -0.140. The monoisotopic (exact) mass is 348 g/mol. The molecular weight excluding hydrogens is 328 g/mol. The van der Waals surface area contributed by atoms with Crippen molar-refractivity contribution in [1.29, 1.82) is 0 Å². The van der Waals surface area contributed by atoms with Gasteiger partial charge in [-0.3, -0.25) is 4.79 Å². The summed E-state index contributed by atoms with van der Waals surface area (Å²) in [6.07, 6.45) is -0.686. The van der Waals surface area contributed by atoms with Gasteiger partial charge in [-0.05, 0) is 19.1 Å². The Hall–Kier alpha value is -3.15. The van der Waals surface area contributed by atoms with E-state index in [0.29, 0.717) is 25.4 Å². The lowest BCUT2D eigenvalue weighted by atomic mass is 10.1. The number of hydrogen-bond acceptors (Lipinski definition) is 4. The van der Waals surface area contributed by atoms with Crippen LogP contribution in [0.1, 0.15) is 23.3 Å². The number of fused-ring (bicyclic) bond motifs is 1. The van der Waals surface area contributed by atoms with Gasteiger partial charge in [0.05, 0.1) is 6.54 Å². The number of ether oxygens (including phenoxy) is 1. The molecule has 6 heteroatoms. The molecule has 0 spiro atoms. The van der Waals surface area contributed by atoms with Gasteiger partial charge in [-0.1, -0.05) is 48.5 Å². The van der Waals surface area contributed by atoms with Gasteiger partial charge in [-0.15, -0.1) is 10.2 Å². The maximum Gasteiger partial charge on any atom is 0.268 e. The molecule has 132 valence electrons. The molecule has 0 aliphatic carbocycles. The van der Waals surface area contributed by atoms with Gasteiger partial charge in [-0.2, -0.15) is 0 Å². The minimum absolute atomic E-state index is 0.0630. The third-order valence-corrected chi connectivity index (χ3v) is 4.57. The first-order chi connectivity index (χ1) is 12.7. The molecule has 1 aliphatic heterocycles. The van der Waals surface area contributed by atoms with E-state index in [1.54, 1.807) is 4.90 Å². The summed E-state index contributed by atoms with van der Waals surface area (Å²) in [6, 6.07) is 19.0. The molecule has 0 saturated heterocycles. The molecule has 0 radical (unpaired) electrons. The minimum atomic E-state index is -0.686. The Morgan fingerprint density at radius 2 is 1.69 bits per heavy atom. The number of nitrogens with zero attached hydrogens (tertiary/aromatic N) is 4. The molecule has 2 heterocycles. The van der Waals surface area contributed by atoms with Crippen LogP contribution in [-0.2, 0) is 17.9 Å². The highest BCUT2D eigenvalue weighted by molar-refractivity contribution is 5.82. The van der Waals surface area contributed by atoms with E-state index in [2.05, 4.69) is 14.8 Å². The second-order valence-corrected chi connectivity index (χ2v) is 6.30. The topological polar surface area (TPSA) is 60.2 Å². The van der Waals surface area contributed by atoms with Crippen molar-refractivity contribution < 1.29 is 9.53 Å². The number of hydrogen-bond donors (Lipinski definition) is 0. The fourth-order valence-corrected chi connectivity index (χ4v) is 3.18.